The highest BCUT2D eigenvalue weighted by molar-refractivity contribution is 5.97. The van der Waals surface area contributed by atoms with E-state index in [4.69, 9.17) is 10.8 Å². The SMILES string of the molecule is CC(CN)[C@H](C(=O)O)C(=O)N1CCN(C)CC1. The summed E-state index contributed by atoms with van der Waals surface area (Å²) in [4.78, 5) is 27.0. The van der Waals surface area contributed by atoms with Gasteiger partial charge in [0.15, 0.2) is 0 Å². The Bertz CT molecular complexity index is 288. The van der Waals surface area contributed by atoms with Crippen molar-refractivity contribution in [2.24, 2.45) is 17.6 Å². The van der Waals surface area contributed by atoms with Crippen LogP contribution in [-0.2, 0) is 9.59 Å². The van der Waals surface area contributed by atoms with Crippen molar-refractivity contribution in [3.05, 3.63) is 0 Å². The number of piperazine rings is 1. The Labute approximate surface area is 101 Å². The fraction of sp³-hybridized carbons (Fsp3) is 0.818. The van der Waals surface area contributed by atoms with Crippen molar-refractivity contribution in [3.63, 3.8) is 0 Å². The summed E-state index contributed by atoms with van der Waals surface area (Å²) < 4.78 is 0. The lowest BCUT2D eigenvalue weighted by Crippen LogP contribution is -2.51. The predicted molar refractivity (Wildman–Crippen MR) is 63.4 cm³/mol. The molecule has 1 aliphatic rings. The summed E-state index contributed by atoms with van der Waals surface area (Å²) in [5.74, 6) is -2.72. The van der Waals surface area contributed by atoms with Gasteiger partial charge in [0.25, 0.3) is 0 Å². The first-order valence-corrected chi connectivity index (χ1v) is 5.87. The lowest BCUT2D eigenvalue weighted by molar-refractivity contribution is -0.154. The number of nitrogens with two attached hydrogens (primary N) is 1. The quantitative estimate of drug-likeness (QED) is 0.622. The summed E-state index contributed by atoms with van der Waals surface area (Å²) in [6.07, 6.45) is 0. The van der Waals surface area contributed by atoms with Crippen molar-refractivity contribution in [2.75, 3.05) is 39.8 Å². The minimum atomic E-state index is -1.08. The normalized spacial score (nSPS) is 21.0. The fourth-order valence-electron chi connectivity index (χ4n) is 1.95. The predicted octanol–water partition coefficient (Wildman–Crippen LogP) is -0.944. The molecule has 0 aliphatic carbocycles. The topological polar surface area (TPSA) is 86.9 Å². The minimum Gasteiger partial charge on any atom is -0.481 e. The molecule has 0 spiro atoms. The monoisotopic (exact) mass is 243 g/mol. The highest BCUT2D eigenvalue weighted by atomic mass is 16.4. The molecule has 0 radical (unpaired) electrons. The van der Waals surface area contributed by atoms with Crippen LogP contribution in [0.25, 0.3) is 0 Å². The molecule has 17 heavy (non-hydrogen) atoms. The molecule has 2 atom stereocenters. The highest BCUT2D eigenvalue weighted by Crippen LogP contribution is 2.15. The van der Waals surface area contributed by atoms with E-state index in [9.17, 15) is 9.59 Å². The third-order valence-corrected chi connectivity index (χ3v) is 3.29. The molecule has 0 bridgehead atoms. The van der Waals surface area contributed by atoms with Crippen molar-refractivity contribution in [3.8, 4) is 0 Å². The number of carbonyl (C=O) groups is 2. The molecule has 0 saturated carbocycles. The smallest absolute Gasteiger partial charge is 0.316 e. The van der Waals surface area contributed by atoms with Gasteiger partial charge in [0.05, 0.1) is 0 Å². The summed E-state index contributed by atoms with van der Waals surface area (Å²) in [5, 5.41) is 9.11. The third-order valence-electron chi connectivity index (χ3n) is 3.29. The molecule has 1 aliphatic heterocycles. The maximum atomic E-state index is 12.1. The Kier molecular flexibility index (Phi) is 4.89. The zero-order valence-corrected chi connectivity index (χ0v) is 10.4. The van der Waals surface area contributed by atoms with Crippen LogP contribution >= 0.6 is 0 Å². The van der Waals surface area contributed by atoms with E-state index >= 15 is 0 Å². The van der Waals surface area contributed by atoms with Crippen molar-refractivity contribution in [1.82, 2.24) is 9.80 Å². The molecule has 3 N–H and O–H groups in total. The summed E-state index contributed by atoms with van der Waals surface area (Å²) in [7, 11) is 1.99. The molecule has 0 aromatic carbocycles. The molecule has 1 rings (SSSR count). The number of amides is 1. The van der Waals surface area contributed by atoms with Gasteiger partial charge < -0.3 is 20.6 Å². The number of rotatable bonds is 4. The van der Waals surface area contributed by atoms with Gasteiger partial charge >= 0.3 is 5.97 Å². The third kappa shape index (κ3) is 3.41. The molecule has 6 heteroatoms. The van der Waals surface area contributed by atoms with Crippen LogP contribution in [0.1, 0.15) is 6.92 Å². The van der Waals surface area contributed by atoms with Gasteiger partial charge in [-0.3, -0.25) is 9.59 Å². The highest BCUT2D eigenvalue weighted by Gasteiger charge is 2.35. The average Bonchev–Trinajstić information content (AvgIpc) is 2.29. The average molecular weight is 243 g/mol. The Morgan fingerprint density at radius 1 is 1.29 bits per heavy atom. The van der Waals surface area contributed by atoms with Crippen LogP contribution in [0.15, 0.2) is 0 Å². The van der Waals surface area contributed by atoms with Crippen LogP contribution in [0, 0.1) is 11.8 Å². The lowest BCUT2D eigenvalue weighted by Gasteiger charge is -2.34. The summed E-state index contributed by atoms with van der Waals surface area (Å²) in [6, 6.07) is 0. The summed E-state index contributed by atoms with van der Waals surface area (Å²) >= 11 is 0. The van der Waals surface area contributed by atoms with E-state index in [1.54, 1.807) is 11.8 Å². The van der Waals surface area contributed by atoms with Gasteiger partial charge in [-0.15, -0.1) is 0 Å². The van der Waals surface area contributed by atoms with E-state index in [1.807, 2.05) is 7.05 Å². The van der Waals surface area contributed by atoms with Crippen molar-refractivity contribution in [2.45, 2.75) is 6.92 Å². The second-order valence-electron chi connectivity index (χ2n) is 4.66. The molecular formula is C11H21N3O3. The van der Waals surface area contributed by atoms with Crippen molar-refractivity contribution in [1.29, 1.82) is 0 Å². The van der Waals surface area contributed by atoms with Gasteiger partial charge in [-0.2, -0.15) is 0 Å². The lowest BCUT2D eigenvalue weighted by atomic mass is 9.92. The fourth-order valence-corrected chi connectivity index (χ4v) is 1.95. The number of hydrogen-bond donors (Lipinski definition) is 2. The van der Waals surface area contributed by atoms with Gasteiger partial charge in [-0.25, -0.2) is 0 Å². The number of nitrogens with zero attached hydrogens (tertiary/aromatic N) is 2. The van der Waals surface area contributed by atoms with E-state index in [0.717, 1.165) is 13.1 Å². The number of carboxylic acid groups (broad SMARTS) is 1. The van der Waals surface area contributed by atoms with Crippen LogP contribution in [0.5, 0.6) is 0 Å². The van der Waals surface area contributed by atoms with Gasteiger partial charge in [0.1, 0.15) is 5.92 Å². The number of carboxylic acids is 1. The van der Waals surface area contributed by atoms with Crippen LogP contribution in [0.2, 0.25) is 0 Å². The number of likely N-dealkylation sites (N-methyl/N-ethyl adjacent to an activating group) is 1. The molecule has 98 valence electrons. The Hall–Kier alpha value is -1.14. The van der Waals surface area contributed by atoms with E-state index in [1.165, 1.54) is 0 Å². The summed E-state index contributed by atoms with van der Waals surface area (Å²) in [5.41, 5.74) is 5.46. The largest absolute Gasteiger partial charge is 0.481 e. The standard InChI is InChI=1S/C11H21N3O3/c1-8(7-12)9(11(16)17)10(15)14-5-3-13(2)4-6-14/h8-9H,3-7,12H2,1-2H3,(H,16,17)/t8?,9-/m0/s1. The van der Waals surface area contributed by atoms with Crippen molar-refractivity contribution >= 4 is 11.9 Å². The van der Waals surface area contributed by atoms with Crippen LogP contribution in [-0.4, -0.2) is 66.6 Å². The maximum Gasteiger partial charge on any atom is 0.316 e. The Morgan fingerprint density at radius 3 is 2.24 bits per heavy atom. The van der Waals surface area contributed by atoms with E-state index in [0.29, 0.717) is 13.1 Å². The molecule has 1 heterocycles. The number of aliphatic carboxylic acids is 1. The van der Waals surface area contributed by atoms with E-state index in [-0.39, 0.29) is 18.4 Å². The van der Waals surface area contributed by atoms with E-state index in [2.05, 4.69) is 4.90 Å². The zero-order chi connectivity index (χ0) is 13.0. The molecule has 1 saturated heterocycles. The number of carbonyl (C=O) groups excluding carboxylic acids is 1. The molecular weight excluding hydrogens is 222 g/mol. The van der Waals surface area contributed by atoms with Crippen LogP contribution in [0.4, 0.5) is 0 Å². The molecule has 1 unspecified atom stereocenters. The first-order valence-electron chi connectivity index (χ1n) is 5.87. The second-order valence-corrected chi connectivity index (χ2v) is 4.66. The Morgan fingerprint density at radius 2 is 1.82 bits per heavy atom. The molecule has 1 amide bonds. The molecule has 1 fully saturated rings. The molecule has 0 aromatic heterocycles. The maximum absolute atomic E-state index is 12.1. The van der Waals surface area contributed by atoms with E-state index < -0.39 is 11.9 Å². The first-order chi connectivity index (χ1) is 7.97. The van der Waals surface area contributed by atoms with Gasteiger partial charge in [-0.05, 0) is 19.5 Å². The van der Waals surface area contributed by atoms with Crippen LogP contribution < -0.4 is 5.73 Å². The zero-order valence-electron chi connectivity index (χ0n) is 10.4. The van der Waals surface area contributed by atoms with Gasteiger partial charge in [0.2, 0.25) is 5.91 Å². The van der Waals surface area contributed by atoms with Gasteiger partial charge in [-0.1, -0.05) is 6.92 Å². The van der Waals surface area contributed by atoms with Gasteiger partial charge in [0, 0.05) is 26.2 Å². The number of hydrogen-bond acceptors (Lipinski definition) is 4. The molecule has 6 nitrogen and oxygen atoms in total. The first kappa shape index (κ1) is 13.9. The van der Waals surface area contributed by atoms with Crippen LogP contribution in [0.3, 0.4) is 0 Å². The minimum absolute atomic E-state index is 0.205. The Balaban J connectivity index is 2.68. The van der Waals surface area contributed by atoms with Crippen molar-refractivity contribution < 1.29 is 14.7 Å². The second kappa shape index (κ2) is 5.97. The molecule has 0 aromatic rings. The summed E-state index contributed by atoms with van der Waals surface area (Å²) in [6.45, 7) is 4.67.